The molecule has 0 bridgehead atoms. The molecule has 0 unspecified atom stereocenters. The van der Waals surface area contributed by atoms with Crippen molar-refractivity contribution in [3.05, 3.63) is 34.7 Å². The number of halogens is 2. The molecule has 2 rings (SSSR count). The van der Waals surface area contributed by atoms with Crippen molar-refractivity contribution in [1.82, 2.24) is 4.98 Å². The van der Waals surface area contributed by atoms with Crippen LogP contribution in [-0.2, 0) is 0 Å². The summed E-state index contributed by atoms with van der Waals surface area (Å²) < 4.78 is 18.7. The summed E-state index contributed by atoms with van der Waals surface area (Å²) in [5.74, 6) is 0.109. The lowest BCUT2D eigenvalue weighted by molar-refractivity contribution is 0.403. The number of benzene rings is 1. The zero-order valence-corrected chi connectivity index (χ0v) is 9.01. The van der Waals surface area contributed by atoms with Gasteiger partial charge in [-0.05, 0) is 33.4 Å². The second-order valence-electron chi connectivity index (χ2n) is 2.78. The molecule has 0 radical (unpaired) electrons. The molecule has 2 aromatic rings. The van der Waals surface area contributed by atoms with Crippen LogP contribution in [0.25, 0.3) is 10.8 Å². The van der Waals surface area contributed by atoms with E-state index >= 15 is 0 Å². The van der Waals surface area contributed by atoms with Gasteiger partial charge in [0.15, 0.2) is 0 Å². The van der Waals surface area contributed by atoms with E-state index in [2.05, 4.69) is 20.9 Å². The molecule has 0 saturated carbocycles. The van der Waals surface area contributed by atoms with E-state index in [1.807, 2.05) is 6.07 Å². The summed E-state index contributed by atoms with van der Waals surface area (Å²) in [6, 6.07) is 4.91. The number of fused-ring (bicyclic) bond motifs is 1. The molecule has 0 amide bonds. The molecule has 2 nitrogen and oxygen atoms in total. The third-order valence-electron chi connectivity index (χ3n) is 1.98. The lowest BCUT2D eigenvalue weighted by Gasteiger charge is -2.05. The standard InChI is InChI=1S/C10H7BrFNO/c1-14-10-8-6(4-5-13-10)2-3-7(12)9(8)11/h2-5H,1H3. The number of hydrogen-bond donors (Lipinski definition) is 0. The normalized spacial score (nSPS) is 10.5. The van der Waals surface area contributed by atoms with Crippen LogP contribution in [0.2, 0.25) is 0 Å². The Labute approximate surface area is 88.8 Å². The Morgan fingerprint density at radius 3 is 2.86 bits per heavy atom. The molecule has 0 spiro atoms. The van der Waals surface area contributed by atoms with Crippen molar-refractivity contribution in [2.45, 2.75) is 0 Å². The van der Waals surface area contributed by atoms with Crippen molar-refractivity contribution in [2.75, 3.05) is 7.11 Å². The number of hydrogen-bond acceptors (Lipinski definition) is 2. The van der Waals surface area contributed by atoms with Crippen molar-refractivity contribution in [2.24, 2.45) is 0 Å². The molecule has 72 valence electrons. The van der Waals surface area contributed by atoms with Gasteiger partial charge in [0.25, 0.3) is 0 Å². The predicted molar refractivity (Wildman–Crippen MR) is 56.0 cm³/mol. The van der Waals surface area contributed by atoms with Crippen molar-refractivity contribution >= 4 is 26.7 Å². The molecule has 0 aliphatic carbocycles. The largest absolute Gasteiger partial charge is 0.481 e. The maximum absolute atomic E-state index is 13.2. The Bertz CT molecular complexity index is 487. The van der Waals surface area contributed by atoms with Gasteiger partial charge in [0.05, 0.1) is 17.0 Å². The second kappa shape index (κ2) is 3.53. The van der Waals surface area contributed by atoms with Crippen LogP contribution in [0.5, 0.6) is 5.88 Å². The molecular formula is C10H7BrFNO. The van der Waals surface area contributed by atoms with Gasteiger partial charge < -0.3 is 4.74 Å². The summed E-state index contributed by atoms with van der Waals surface area (Å²) >= 11 is 3.18. The highest BCUT2D eigenvalue weighted by molar-refractivity contribution is 9.10. The van der Waals surface area contributed by atoms with Crippen molar-refractivity contribution in [1.29, 1.82) is 0 Å². The van der Waals surface area contributed by atoms with E-state index in [4.69, 9.17) is 4.74 Å². The molecule has 1 heterocycles. The summed E-state index contributed by atoms with van der Waals surface area (Å²) in [5, 5.41) is 1.56. The van der Waals surface area contributed by atoms with Gasteiger partial charge in [0, 0.05) is 6.20 Å². The highest BCUT2D eigenvalue weighted by atomic mass is 79.9. The van der Waals surface area contributed by atoms with Gasteiger partial charge in [-0.25, -0.2) is 9.37 Å². The number of methoxy groups -OCH3 is 1. The fraction of sp³-hybridized carbons (Fsp3) is 0.100. The minimum atomic E-state index is -0.316. The molecule has 0 fully saturated rings. The molecule has 0 atom stereocenters. The van der Waals surface area contributed by atoms with Crippen LogP contribution in [-0.4, -0.2) is 12.1 Å². The fourth-order valence-electron chi connectivity index (χ4n) is 1.33. The minimum Gasteiger partial charge on any atom is -0.481 e. The van der Waals surface area contributed by atoms with Crippen molar-refractivity contribution in [3.8, 4) is 5.88 Å². The van der Waals surface area contributed by atoms with Gasteiger partial charge in [-0.15, -0.1) is 0 Å². The van der Waals surface area contributed by atoms with Gasteiger partial charge in [-0.1, -0.05) is 6.07 Å². The summed E-state index contributed by atoms with van der Waals surface area (Å²) in [5.41, 5.74) is 0. The summed E-state index contributed by atoms with van der Waals surface area (Å²) in [6.07, 6.45) is 1.63. The average molecular weight is 256 g/mol. The third-order valence-corrected chi connectivity index (χ3v) is 2.76. The second-order valence-corrected chi connectivity index (χ2v) is 3.57. The quantitative estimate of drug-likeness (QED) is 0.781. The van der Waals surface area contributed by atoms with Crippen LogP contribution < -0.4 is 4.74 Å². The van der Waals surface area contributed by atoms with Gasteiger partial charge >= 0.3 is 0 Å². The number of nitrogens with zero attached hydrogens (tertiary/aromatic N) is 1. The monoisotopic (exact) mass is 255 g/mol. The van der Waals surface area contributed by atoms with Gasteiger partial charge in [0.2, 0.25) is 5.88 Å². The predicted octanol–water partition coefficient (Wildman–Crippen LogP) is 3.15. The first-order chi connectivity index (χ1) is 6.74. The molecule has 0 N–H and O–H groups in total. The van der Waals surface area contributed by atoms with Crippen molar-refractivity contribution in [3.63, 3.8) is 0 Å². The lowest BCUT2D eigenvalue weighted by atomic mass is 10.2. The van der Waals surface area contributed by atoms with Gasteiger partial charge in [0.1, 0.15) is 5.82 Å². The Hall–Kier alpha value is -1.16. The Kier molecular flexibility index (Phi) is 2.37. The van der Waals surface area contributed by atoms with E-state index in [1.165, 1.54) is 13.2 Å². The van der Waals surface area contributed by atoms with Crippen LogP contribution in [0, 0.1) is 5.82 Å². The van der Waals surface area contributed by atoms with E-state index in [0.29, 0.717) is 15.7 Å². The zero-order valence-electron chi connectivity index (χ0n) is 7.42. The van der Waals surface area contributed by atoms with Crippen LogP contribution in [0.15, 0.2) is 28.9 Å². The van der Waals surface area contributed by atoms with Crippen molar-refractivity contribution < 1.29 is 9.13 Å². The molecular weight excluding hydrogens is 249 g/mol. The van der Waals surface area contributed by atoms with Crippen LogP contribution in [0.3, 0.4) is 0 Å². The van der Waals surface area contributed by atoms with Gasteiger partial charge in [-0.2, -0.15) is 0 Å². The number of ether oxygens (including phenoxy) is 1. The SMILES string of the molecule is COc1nccc2ccc(F)c(Br)c12. The van der Waals surface area contributed by atoms with E-state index in [1.54, 1.807) is 12.3 Å². The van der Waals surface area contributed by atoms with E-state index < -0.39 is 0 Å². The third kappa shape index (κ3) is 1.35. The molecule has 4 heteroatoms. The van der Waals surface area contributed by atoms with E-state index in [0.717, 1.165) is 5.39 Å². The fourth-order valence-corrected chi connectivity index (χ4v) is 1.86. The first-order valence-corrected chi connectivity index (χ1v) is 4.80. The summed E-state index contributed by atoms with van der Waals surface area (Å²) in [6.45, 7) is 0. The highest BCUT2D eigenvalue weighted by Gasteiger charge is 2.09. The number of aromatic nitrogens is 1. The zero-order chi connectivity index (χ0) is 10.1. The molecule has 1 aromatic heterocycles. The maximum Gasteiger partial charge on any atom is 0.222 e. The van der Waals surface area contributed by atoms with Crippen LogP contribution in [0.1, 0.15) is 0 Å². The molecule has 14 heavy (non-hydrogen) atoms. The lowest BCUT2D eigenvalue weighted by Crippen LogP contribution is -1.90. The smallest absolute Gasteiger partial charge is 0.222 e. The Balaban J connectivity index is 2.89. The van der Waals surface area contributed by atoms with E-state index in [-0.39, 0.29) is 5.82 Å². The van der Waals surface area contributed by atoms with Crippen LogP contribution >= 0.6 is 15.9 Å². The summed E-state index contributed by atoms with van der Waals surface area (Å²) in [4.78, 5) is 4.01. The Morgan fingerprint density at radius 2 is 2.14 bits per heavy atom. The maximum atomic E-state index is 13.2. The molecule has 0 saturated heterocycles. The Morgan fingerprint density at radius 1 is 1.36 bits per heavy atom. The minimum absolute atomic E-state index is 0.316. The number of rotatable bonds is 1. The molecule has 0 aliphatic rings. The topological polar surface area (TPSA) is 22.1 Å². The molecule has 1 aromatic carbocycles. The van der Waals surface area contributed by atoms with E-state index in [9.17, 15) is 4.39 Å². The highest BCUT2D eigenvalue weighted by Crippen LogP contribution is 2.32. The molecule has 0 aliphatic heterocycles. The van der Waals surface area contributed by atoms with Crippen LogP contribution in [0.4, 0.5) is 4.39 Å². The number of pyridine rings is 1. The first-order valence-electron chi connectivity index (χ1n) is 4.00. The summed E-state index contributed by atoms with van der Waals surface area (Å²) in [7, 11) is 1.51. The first kappa shape index (κ1) is 9.40. The average Bonchev–Trinajstić information content (AvgIpc) is 2.23. The van der Waals surface area contributed by atoms with Gasteiger partial charge in [-0.3, -0.25) is 0 Å².